The van der Waals surface area contributed by atoms with Crippen molar-refractivity contribution in [2.75, 3.05) is 13.1 Å². The van der Waals surface area contributed by atoms with Gasteiger partial charge in [-0.3, -0.25) is 9.36 Å². The second kappa shape index (κ2) is 10.3. The maximum absolute atomic E-state index is 13.1. The fraction of sp³-hybridized carbons (Fsp3) is 0.250. The lowest BCUT2D eigenvalue weighted by Gasteiger charge is -2.17. The normalized spacial score (nSPS) is 13.4. The number of carbonyl (C=O) groups is 1. The van der Waals surface area contributed by atoms with Crippen LogP contribution in [0, 0.1) is 6.92 Å². The van der Waals surface area contributed by atoms with Crippen LogP contribution in [0.3, 0.4) is 0 Å². The van der Waals surface area contributed by atoms with Gasteiger partial charge in [-0.25, -0.2) is 0 Å². The third kappa shape index (κ3) is 4.92. The van der Waals surface area contributed by atoms with Crippen molar-refractivity contribution in [2.45, 2.75) is 37.1 Å². The summed E-state index contributed by atoms with van der Waals surface area (Å²) in [5.41, 5.74) is 5.27. The molecule has 1 aliphatic rings. The minimum absolute atomic E-state index is 0.138. The van der Waals surface area contributed by atoms with Gasteiger partial charge in [0.25, 0.3) is 5.91 Å². The van der Waals surface area contributed by atoms with E-state index in [1.54, 1.807) is 11.8 Å². The summed E-state index contributed by atoms with van der Waals surface area (Å²) >= 11 is 1.62. The number of likely N-dealkylation sites (tertiary alicyclic amines) is 1. The molecule has 172 valence electrons. The summed E-state index contributed by atoms with van der Waals surface area (Å²) in [6, 6.07) is 26.7. The number of hydrogen-bond acceptors (Lipinski definition) is 4. The highest BCUT2D eigenvalue weighted by atomic mass is 32.2. The Balaban J connectivity index is 1.44. The van der Waals surface area contributed by atoms with E-state index in [0.717, 1.165) is 53.7 Å². The van der Waals surface area contributed by atoms with Crippen LogP contribution in [0.4, 0.5) is 0 Å². The number of rotatable bonds is 7. The molecule has 2 heterocycles. The Morgan fingerprint density at radius 2 is 1.68 bits per heavy atom. The number of nitrogens with zero attached hydrogens (tertiary/aromatic N) is 4. The van der Waals surface area contributed by atoms with Gasteiger partial charge in [-0.1, -0.05) is 72.4 Å². The van der Waals surface area contributed by atoms with E-state index in [0.29, 0.717) is 12.2 Å². The zero-order valence-electron chi connectivity index (χ0n) is 19.4. The SMILES string of the molecule is Cc1cccc(-n2c(Cc3ccccc3)nnc2SCc2ccccc2C(=O)N2CCCC2)c1. The number of carbonyl (C=O) groups excluding carboxylic acids is 1. The number of benzene rings is 3. The lowest BCUT2D eigenvalue weighted by atomic mass is 10.1. The number of amides is 1. The summed E-state index contributed by atoms with van der Waals surface area (Å²) in [4.78, 5) is 15.1. The van der Waals surface area contributed by atoms with Crippen molar-refractivity contribution in [3.63, 3.8) is 0 Å². The molecule has 0 saturated carbocycles. The maximum atomic E-state index is 13.1. The maximum Gasteiger partial charge on any atom is 0.254 e. The van der Waals surface area contributed by atoms with Crippen LogP contribution in [0.15, 0.2) is 84.0 Å². The quantitative estimate of drug-likeness (QED) is 0.327. The second-order valence-electron chi connectivity index (χ2n) is 8.68. The average molecular weight is 469 g/mol. The number of aryl methyl sites for hydroxylation is 1. The first kappa shape index (κ1) is 22.4. The molecule has 3 aromatic carbocycles. The zero-order chi connectivity index (χ0) is 23.3. The van der Waals surface area contributed by atoms with Crippen LogP contribution >= 0.6 is 11.8 Å². The van der Waals surface area contributed by atoms with Gasteiger partial charge >= 0.3 is 0 Å². The summed E-state index contributed by atoms with van der Waals surface area (Å²) in [7, 11) is 0. The Labute approximate surface area is 204 Å². The van der Waals surface area contributed by atoms with E-state index in [1.165, 1.54) is 11.1 Å². The fourth-order valence-corrected chi connectivity index (χ4v) is 5.38. The highest BCUT2D eigenvalue weighted by Gasteiger charge is 2.22. The molecular formula is C28H28N4OS. The molecule has 4 aromatic rings. The lowest BCUT2D eigenvalue weighted by molar-refractivity contribution is 0.0792. The van der Waals surface area contributed by atoms with Crippen LogP contribution < -0.4 is 0 Å². The largest absolute Gasteiger partial charge is 0.339 e. The van der Waals surface area contributed by atoms with Crippen molar-refractivity contribution >= 4 is 17.7 Å². The van der Waals surface area contributed by atoms with E-state index in [4.69, 9.17) is 0 Å². The van der Waals surface area contributed by atoms with E-state index < -0.39 is 0 Å². The predicted octanol–water partition coefficient (Wildman–Crippen LogP) is 5.69. The zero-order valence-corrected chi connectivity index (χ0v) is 20.2. The Morgan fingerprint density at radius 3 is 2.47 bits per heavy atom. The molecule has 1 aliphatic heterocycles. The molecule has 1 saturated heterocycles. The fourth-order valence-electron chi connectivity index (χ4n) is 4.40. The van der Waals surface area contributed by atoms with E-state index >= 15 is 0 Å². The van der Waals surface area contributed by atoms with Gasteiger partial charge in [0.15, 0.2) is 5.16 Å². The summed E-state index contributed by atoms with van der Waals surface area (Å²) in [6.45, 7) is 3.80. The Bertz CT molecular complexity index is 1280. The molecule has 0 spiro atoms. The number of thioether (sulfide) groups is 1. The Morgan fingerprint density at radius 1 is 0.912 bits per heavy atom. The smallest absolute Gasteiger partial charge is 0.254 e. The van der Waals surface area contributed by atoms with Crippen LogP contribution in [0.25, 0.3) is 5.69 Å². The van der Waals surface area contributed by atoms with E-state index in [2.05, 4.69) is 64.2 Å². The molecule has 0 bridgehead atoms. The standard InChI is InChI=1S/C28H28N4OS/c1-21-10-9-14-24(18-21)32-26(19-22-11-3-2-4-12-22)29-30-28(32)34-20-23-13-5-6-15-25(23)27(33)31-16-7-8-17-31/h2-6,9-15,18H,7-8,16-17,19-20H2,1H3. The van der Waals surface area contributed by atoms with Crippen molar-refractivity contribution in [1.82, 2.24) is 19.7 Å². The Hall–Kier alpha value is -3.38. The van der Waals surface area contributed by atoms with Gasteiger partial charge < -0.3 is 4.90 Å². The summed E-state index contributed by atoms with van der Waals surface area (Å²) < 4.78 is 2.15. The molecule has 1 aromatic heterocycles. The topological polar surface area (TPSA) is 51.0 Å². The number of aromatic nitrogens is 3. The highest BCUT2D eigenvalue weighted by molar-refractivity contribution is 7.98. The van der Waals surface area contributed by atoms with Crippen molar-refractivity contribution in [3.05, 3.63) is 107 Å². The third-order valence-corrected chi connectivity index (χ3v) is 7.14. The average Bonchev–Trinajstić information content (AvgIpc) is 3.54. The van der Waals surface area contributed by atoms with Gasteiger partial charge in [-0.05, 0) is 54.7 Å². The Kier molecular flexibility index (Phi) is 6.77. The van der Waals surface area contributed by atoms with Crippen LogP contribution in [-0.2, 0) is 12.2 Å². The first-order chi connectivity index (χ1) is 16.7. The molecule has 0 aliphatic carbocycles. The lowest BCUT2D eigenvalue weighted by Crippen LogP contribution is -2.28. The van der Waals surface area contributed by atoms with Crippen molar-refractivity contribution in [3.8, 4) is 5.69 Å². The van der Waals surface area contributed by atoms with E-state index in [1.807, 2.05) is 41.3 Å². The first-order valence-corrected chi connectivity index (χ1v) is 12.7. The van der Waals surface area contributed by atoms with Gasteiger partial charge in [0.2, 0.25) is 0 Å². The summed E-state index contributed by atoms with van der Waals surface area (Å²) in [6.07, 6.45) is 2.88. The number of hydrogen-bond donors (Lipinski definition) is 0. The molecule has 0 N–H and O–H groups in total. The van der Waals surface area contributed by atoms with E-state index in [9.17, 15) is 4.79 Å². The molecule has 6 heteroatoms. The third-order valence-electron chi connectivity index (χ3n) is 6.16. The molecule has 0 unspecified atom stereocenters. The van der Waals surface area contributed by atoms with E-state index in [-0.39, 0.29) is 5.91 Å². The van der Waals surface area contributed by atoms with Gasteiger partial charge in [-0.2, -0.15) is 0 Å². The molecule has 1 amide bonds. The molecule has 0 radical (unpaired) electrons. The summed E-state index contributed by atoms with van der Waals surface area (Å²) in [5, 5.41) is 9.97. The molecule has 34 heavy (non-hydrogen) atoms. The molecule has 5 nitrogen and oxygen atoms in total. The molecular weight excluding hydrogens is 440 g/mol. The highest BCUT2D eigenvalue weighted by Crippen LogP contribution is 2.28. The molecule has 1 fully saturated rings. The monoisotopic (exact) mass is 468 g/mol. The second-order valence-corrected chi connectivity index (χ2v) is 9.62. The van der Waals surface area contributed by atoms with Gasteiger partial charge in [0.05, 0.1) is 0 Å². The van der Waals surface area contributed by atoms with Gasteiger partial charge in [0, 0.05) is 36.5 Å². The van der Waals surface area contributed by atoms with Crippen LogP contribution in [0.1, 0.15) is 45.7 Å². The molecule has 5 rings (SSSR count). The van der Waals surface area contributed by atoms with Gasteiger partial charge in [-0.15, -0.1) is 10.2 Å². The van der Waals surface area contributed by atoms with Crippen LogP contribution in [0.5, 0.6) is 0 Å². The summed E-state index contributed by atoms with van der Waals surface area (Å²) in [5.74, 6) is 1.70. The molecule has 0 atom stereocenters. The minimum atomic E-state index is 0.138. The van der Waals surface area contributed by atoms with Crippen molar-refractivity contribution < 1.29 is 4.79 Å². The van der Waals surface area contributed by atoms with Crippen molar-refractivity contribution in [1.29, 1.82) is 0 Å². The van der Waals surface area contributed by atoms with Crippen molar-refractivity contribution in [2.24, 2.45) is 0 Å². The van der Waals surface area contributed by atoms with Crippen LogP contribution in [0.2, 0.25) is 0 Å². The van der Waals surface area contributed by atoms with Crippen LogP contribution in [-0.4, -0.2) is 38.7 Å². The predicted molar refractivity (Wildman–Crippen MR) is 136 cm³/mol. The first-order valence-electron chi connectivity index (χ1n) is 11.7. The van der Waals surface area contributed by atoms with Gasteiger partial charge in [0.1, 0.15) is 5.82 Å². The minimum Gasteiger partial charge on any atom is -0.339 e.